The van der Waals surface area contributed by atoms with Crippen molar-refractivity contribution in [2.24, 2.45) is 0 Å². The maximum Gasteiger partial charge on any atom is 0.149 e. The van der Waals surface area contributed by atoms with Gasteiger partial charge >= 0.3 is 0 Å². The van der Waals surface area contributed by atoms with Crippen LogP contribution < -0.4 is 4.90 Å². The quantitative estimate of drug-likeness (QED) is 0.801. The van der Waals surface area contributed by atoms with E-state index in [0.29, 0.717) is 6.54 Å². The predicted octanol–water partition coefficient (Wildman–Crippen LogP) is 1.67. The van der Waals surface area contributed by atoms with Crippen LogP contribution in [0.2, 0.25) is 0 Å². The molecule has 0 aliphatic rings. The van der Waals surface area contributed by atoms with E-state index in [1.165, 1.54) is 4.90 Å². The molecule has 0 radical (unpaired) electrons. The number of rotatable bonds is 6. The van der Waals surface area contributed by atoms with E-state index in [4.69, 9.17) is 10.2 Å². The van der Waals surface area contributed by atoms with Gasteiger partial charge < -0.3 is 15.1 Å². The van der Waals surface area contributed by atoms with Gasteiger partial charge in [-0.1, -0.05) is 6.92 Å². The first-order chi connectivity index (χ1) is 8.13. The first-order valence-corrected chi connectivity index (χ1v) is 5.58. The molecule has 0 aromatic heterocycles. The monoisotopic (exact) mass is 245 g/mol. The summed E-state index contributed by atoms with van der Waals surface area (Å²) in [4.78, 5) is 1.46. The van der Waals surface area contributed by atoms with Gasteiger partial charge in [0.05, 0.1) is 13.2 Å². The maximum absolute atomic E-state index is 13.7. The Kier molecular flexibility index (Phi) is 5.31. The fraction of sp³-hybridized carbons (Fsp3) is 0.500. The minimum atomic E-state index is -0.712. The zero-order valence-electron chi connectivity index (χ0n) is 9.79. The molecule has 0 aliphatic carbocycles. The van der Waals surface area contributed by atoms with Crippen molar-refractivity contribution in [3.63, 3.8) is 0 Å². The third-order valence-electron chi connectivity index (χ3n) is 2.44. The number of aliphatic hydroxyl groups is 2. The molecule has 0 spiro atoms. The smallest absolute Gasteiger partial charge is 0.149 e. The van der Waals surface area contributed by atoms with Gasteiger partial charge in [-0.25, -0.2) is 8.78 Å². The van der Waals surface area contributed by atoms with E-state index in [9.17, 15) is 8.78 Å². The summed E-state index contributed by atoms with van der Waals surface area (Å²) in [5, 5.41) is 17.7. The molecule has 2 N–H and O–H groups in total. The molecule has 0 heterocycles. The van der Waals surface area contributed by atoms with Crippen LogP contribution >= 0.6 is 0 Å². The number of hydrogen-bond acceptors (Lipinski definition) is 3. The third kappa shape index (κ3) is 3.38. The lowest BCUT2D eigenvalue weighted by Gasteiger charge is -2.24. The van der Waals surface area contributed by atoms with Crippen molar-refractivity contribution >= 4 is 5.69 Å². The molecule has 0 bridgehead atoms. The lowest BCUT2D eigenvalue weighted by molar-refractivity contribution is 0.280. The average molecular weight is 245 g/mol. The molecule has 5 heteroatoms. The molecule has 1 aromatic rings. The first kappa shape index (κ1) is 13.9. The standard InChI is InChI=1S/C12H17F2NO2/c1-2-3-15(4-5-16)12-10(13)6-9(8-17)7-11(12)14/h6-7,16-17H,2-5,8H2,1H3. The fourth-order valence-corrected chi connectivity index (χ4v) is 1.74. The number of hydrogen-bond donors (Lipinski definition) is 2. The minimum Gasteiger partial charge on any atom is -0.395 e. The Morgan fingerprint density at radius 3 is 2.12 bits per heavy atom. The number of anilines is 1. The van der Waals surface area contributed by atoms with Crippen LogP contribution in [-0.2, 0) is 6.61 Å². The van der Waals surface area contributed by atoms with E-state index in [0.717, 1.165) is 18.6 Å². The maximum atomic E-state index is 13.7. The van der Waals surface area contributed by atoms with Gasteiger partial charge in [-0.05, 0) is 24.1 Å². The summed E-state index contributed by atoms with van der Waals surface area (Å²) in [5.74, 6) is -1.42. The minimum absolute atomic E-state index is 0.141. The highest BCUT2D eigenvalue weighted by atomic mass is 19.1. The van der Waals surface area contributed by atoms with Crippen LogP contribution in [0, 0.1) is 11.6 Å². The zero-order chi connectivity index (χ0) is 12.8. The van der Waals surface area contributed by atoms with E-state index >= 15 is 0 Å². The second kappa shape index (κ2) is 6.51. The molecule has 3 nitrogen and oxygen atoms in total. The number of benzene rings is 1. The number of aliphatic hydroxyl groups excluding tert-OH is 2. The molecular weight excluding hydrogens is 228 g/mol. The Morgan fingerprint density at radius 2 is 1.71 bits per heavy atom. The van der Waals surface area contributed by atoms with Crippen LogP contribution in [0.4, 0.5) is 14.5 Å². The van der Waals surface area contributed by atoms with Crippen molar-refractivity contribution < 1.29 is 19.0 Å². The van der Waals surface area contributed by atoms with E-state index in [-0.39, 0.29) is 24.4 Å². The topological polar surface area (TPSA) is 43.7 Å². The highest BCUT2D eigenvalue weighted by Gasteiger charge is 2.17. The van der Waals surface area contributed by atoms with Crippen molar-refractivity contribution in [1.82, 2.24) is 0 Å². The van der Waals surface area contributed by atoms with Crippen LogP contribution in [0.5, 0.6) is 0 Å². The predicted molar refractivity (Wildman–Crippen MR) is 61.9 cm³/mol. The molecule has 0 saturated carbocycles. The van der Waals surface area contributed by atoms with Crippen LogP contribution in [0.25, 0.3) is 0 Å². The van der Waals surface area contributed by atoms with Crippen molar-refractivity contribution in [3.8, 4) is 0 Å². The van der Waals surface area contributed by atoms with Crippen molar-refractivity contribution in [2.75, 3.05) is 24.6 Å². The number of nitrogens with zero attached hydrogens (tertiary/aromatic N) is 1. The highest BCUT2D eigenvalue weighted by molar-refractivity contribution is 5.50. The second-order valence-corrected chi connectivity index (χ2v) is 3.78. The fourth-order valence-electron chi connectivity index (χ4n) is 1.74. The molecule has 1 rings (SSSR count). The molecule has 1 aromatic carbocycles. The van der Waals surface area contributed by atoms with Crippen LogP contribution in [-0.4, -0.2) is 29.9 Å². The normalized spacial score (nSPS) is 10.6. The highest BCUT2D eigenvalue weighted by Crippen LogP contribution is 2.25. The van der Waals surface area contributed by atoms with Gasteiger partial charge in [0.15, 0.2) is 0 Å². The summed E-state index contributed by atoms with van der Waals surface area (Å²) in [5.41, 5.74) is 0.0577. The summed E-state index contributed by atoms with van der Waals surface area (Å²) < 4.78 is 27.4. The molecule has 0 aliphatic heterocycles. The summed E-state index contributed by atoms with van der Waals surface area (Å²) in [6, 6.07) is 2.22. The van der Waals surface area contributed by atoms with E-state index in [1.54, 1.807) is 0 Å². The van der Waals surface area contributed by atoms with Gasteiger partial charge in [-0.15, -0.1) is 0 Å². The Hall–Kier alpha value is -1.20. The Bertz CT molecular complexity index is 343. The Morgan fingerprint density at radius 1 is 1.12 bits per heavy atom. The molecular formula is C12H17F2NO2. The molecule has 0 atom stereocenters. The average Bonchev–Trinajstić information content (AvgIpc) is 2.28. The summed E-state index contributed by atoms with van der Waals surface area (Å²) in [6.45, 7) is 1.97. The van der Waals surface area contributed by atoms with E-state index in [2.05, 4.69) is 0 Å². The molecule has 0 amide bonds. The Labute approximate surface area is 99.3 Å². The van der Waals surface area contributed by atoms with Crippen molar-refractivity contribution in [2.45, 2.75) is 20.0 Å². The van der Waals surface area contributed by atoms with Gasteiger partial charge in [0.1, 0.15) is 17.3 Å². The van der Waals surface area contributed by atoms with Gasteiger partial charge in [-0.3, -0.25) is 0 Å². The molecule has 96 valence electrons. The lowest BCUT2D eigenvalue weighted by Crippen LogP contribution is -2.29. The zero-order valence-corrected chi connectivity index (χ0v) is 9.79. The van der Waals surface area contributed by atoms with Gasteiger partial charge in [0.25, 0.3) is 0 Å². The largest absolute Gasteiger partial charge is 0.395 e. The van der Waals surface area contributed by atoms with Crippen molar-refractivity contribution in [3.05, 3.63) is 29.3 Å². The van der Waals surface area contributed by atoms with Gasteiger partial charge in [0.2, 0.25) is 0 Å². The first-order valence-electron chi connectivity index (χ1n) is 5.58. The third-order valence-corrected chi connectivity index (χ3v) is 2.44. The van der Waals surface area contributed by atoms with Crippen LogP contribution in [0.15, 0.2) is 12.1 Å². The Balaban J connectivity index is 3.09. The second-order valence-electron chi connectivity index (χ2n) is 3.78. The molecule has 0 unspecified atom stereocenters. The van der Waals surface area contributed by atoms with E-state index in [1.807, 2.05) is 6.92 Å². The van der Waals surface area contributed by atoms with Gasteiger partial charge in [0, 0.05) is 13.1 Å². The molecule has 0 saturated heterocycles. The van der Waals surface area contributed by atoms with E-state index < -0.39 is 18.2 Å². The van der Waals surface area contributed by atoms with Gasteiger partial charge in [-0.2, -0.15) is 0 Å². The summed E-state index contributed by atoms with van der Waals surface area (Å²) in [6.07, 6.45) is 0.723. The number of halogens is 2. The van der Waals surface area contributed by atoms with Crippen LogP contribution in [0.3, 0.4) is 0 Å². The van der Waals surface area contributed by atoms with Crippen LogP contribution in [0.1, 0.15) is 18.9 Å². The lowest BCUT2D eigenvalue weighted by atomic mass is 10.1. The summed E-state index contributed by atoms with van der Waals surface area (Å²) >= 11 is 0. The molecule has 17 heavy (non-hydrogen) atoms. The van der Waals surface area contributed by atoms with Crippen molar-refractivity contribution in [1.29, 1.82) is 0 Å². The molecule has 0 fully saturated rings. The SMILES string of the molecule is CCCN(CCO)c1c(F)cc(CO)cc1F. The summed E-state index contributed by atoms with van der Waals surface area (Å²) in [7, 11) is 0.